The first-order valence-electron chi connectivity index (χ1n) is 10.1. The number of amides is 2. The average molecular weight is 474 g/mol. The number of anilines is 1. The molecule has 7 nitrogen and oxygen atoms in total. The SMILES string of the molecule is [2H]c1cc(NC(=O)[C@H]2O[C@](C)(C(F)(F)F)[C@H](C)[C@H]2c2ccc(F)c(F)c2OC)cc(C(N)=O)n1. The molecule has 3 N–H and O–H groups in total. The maximum absolute atomic E-state index is 14.4. The molecule has 2 heterocycles. The molecule has 0 spiro atoms. The number of pyridine rings is 1. The second kappa shape index (κ2) is 8.58. The first-order valence-corrected chi connectivity index (χ1v) is 9.57. The fourth-order valence-corrected chi connectivity index (χ4v) is 3.84. The van der Waals surface area contributed by atoms with E-state index in [-0.39, 0.29) is 16.9 Å². The Morgan fingerprint density at radius 3 is 2.55 bits per heavy atom. The van der Waals surface area contributed by atoms with Gasteiger partial charge in [-0.05, 0) is 25.1 Å². The first-order chi connectivity index (χ1) is 15.7. The van der Waals surface area contributed by atoms with Crippen LogP contribution < -0.4 is 15.8 Å². The predicted molar refractivity (Wildman–Crippen MR) is 106 cm³/mol. The van der Waals surface area contributed by atoms with Crippen molar-refractivity contribution >= 4 is 17.5 Å². The van der Waals surface area contributed by atoms with E-state index >= 15 is 0 Å². The van der Waals surface area contributed by atoms with E-state index in [4.69, 9.17) is 16.6 Å². The number of hydrogen-bond acceptors (Lipinski definition) is 5. The molecule has 2 aromatic rings. The molecule has 1 fully saturated rings. The Labute approximate surface area is 186 Å². The van der Waals surface area contributed by atoms with Crippen molar-refractivity contribution in [1.82, 2.24) is 4.98 Å². The molecule has 33 heavy (non-hydrogen) atoms. The van der Waals surface area contributed by atoms with Gasteiger partial charge in [0.05, 0.1) is 8.48 Å². The fraction of sp³-hybridized carbons (Fsp3) is 0.381. The lowest BCUT2D eigenvalue weighted by Crippen LogP contribution is -2.47. The lowest BCUT2D eigenvalue weighted by molar-refractivity contribution is -0.272. The third kappa shape index (κ3) is 4.22. The topological polar surface area (TPSA) is 104 Å². The van der Waals surface area contributed by atoms with Gasteiger partial charge in [0.1, 0.15) is 11.8 Å². The largest absolute Gasteiger partial charge is 0.493 e. The number of primary amides is 1. The number of nitrogens with one attached hydrogen (secondary N) is 1. The number of methoxy groups -OCH3 is 1. The Bertz CT molecular complexity index is 1150. The number of nitrogens with zero attached hydrogens (tertiary/aromatic N) is 1. The second-order valence-corrected chi connectivity index (χ2v) is 7.67. The molecule has 1 aliphatic heterocycles. The molecular formula is C21H20F5N3O4. The summed E-state index contributed by atoms with van der Waals surface area (Å²) in [6.45, 7) is 1.93. The molecular weight excluding hydrogens is 453 g/mol. The van der Waals surface area contributed by atoms with E-state index in [1.807, 2.05) is 0 Å². The van der Waals surface area contributed by atoms with Gasteiger partial charge in [0.2, 0.25) is 5.82 Å². The van der Waals surface area contributed by atoms with Crippen molar-refractivity contribution in [3.05, 3.63) is 53.3 Å². The van der Waals surface area contributed by atoms with Crippen molar-refractivity contribution in [2.24, 2.45) is 11.7 Å². The standard InChI is InChI=1S/C21H20F5N3O4/c1-9-14(11-4-5-12(22)15(23)16(11)32-3)17(33-20(9,2)21(24,25)26)19(31)29-10-6-7-28-13(8-10)18(27)30/h4-9,14,17H,1-3H3,(H2,27,30)(H,28,29,31)/t9-,14+,17+,20+/m1/s1/i7D. The van der Waals surface area contributed by atoms with Gasteiger partial charge >= 0.3 is 6.18 Å². The minimum absolute atomic E-state index is 0.147. The van der Waals surface area contributed by atoms with E-state index in [1.54, 1.807) is 0 Å². The maximum atomic E-state index is 14.4. The van der Waals surface area contributed by atoms with E-state index < -0.39 is 65.1 Å². The molecule has 12 heteroatoms. The third-order valence-electron chi connectivity index (χ3n) is 5.79. The number of nitrogens with two attached hydrogens (primary N) is 1. The number of halogens is 5. The van der Waals surface area contributed by atoms with Crippen LogP contribution in [-0.2, 0) is 9.53 Å². The van der Waals surface area contributed by atoms with Gasteiger partial charge in [-0.2, -0.15) is 17.6 Å². The van der Waals surface area contributed by atoms with Gasteiger partial charge in [-0.15, -0.1) is 0 Å². The molecule has 1 saturated heterocycles. The molecule has 0 aliphatic carbocycles. The summed E-state index contributed by atoms with van der Waals surface area (Å²) in [6, 6.07) is 3.82. The average Bonchev–Trinajstić information content (AvgIpc) is 3.01. The first kappa shape index (κ1) is 22.9. The number of aromatic nitrogens is 1. The molecule has 1 aliphatic rings. The zero-order valence-electron chi connectivity index (χ0n) is 18.6. The minimum atomic E-state index is -4.92. The normalized spacial score (nSPS) is 25.5. The van der Waals surface area contributed by atoms with Gasteiger partial charge in [-0.1, -0.05) is 13.0 Å². The van der Waals surface area contributed by atoms with Crippen molar-refractivity contribution in [2.75, 3.05) is 12.4 Å². The summed E-state index contributed by atoms with van der Waals surface area (Å²) in [5.74, 6) is -8.30. The van der Waals surface area contributed by atoms with E-state index in [0.717, 1.165) is 32.2 Å². The van der Waals surface area contributed by atoms with Crippen molar-refractivity contribution in [3.63, 3.8) is 0 Å². The van der Waals surface area contributed by atoms with Crippen LogP contribution >= 0.6 is 0 Å². The van der Waals surface area contributed by atoms with E-state index in [0.29, 0.717) is 6.07 Å². The van der Waals surface area contributed by atoms with Crippen LogP contribution in [0.3, 0.4) is 0 Å². The molecule has 3 rings (SSSR count). The molecule has 1 aromatic carbocycles. The molecule has 4 atom stereocenters. The van der Waals surface area contributed by atoms with E-state index in [9.17, 15) is 31.5 Å². The van der Waals surface area contributed by atoms with Gasteiger partial charge in [0.25, 0.3) is 11.8 Å². The summed E-state index contributed by atoms with van der Waals surface area (Å²) < 4.78 is 87.8. The summed E-state index contributed by atoms with van der Waals surface area (Å²) in [6.07, 6.45) is -7.19. The summed E-state index contributed by atoms with van der Waals surface area (Å²) in [5, 5.41) is 2.29. The number of carbonyl (C=O) groups is 2. The van der Waals surface area contributed by atoms with Crippen LogP contribution in [0.1, 0.15) is 37.2 Å². The molecule has 0 radical (unpaired) electrons. The summed E-state index contributed by atoms with van der Waals surface area (Å²) in [5.41, 5.74) is 1.60. The quantitative estimate of drug-likeness (QED) is 0.646. The van der Waals surface area contributed by atoms with E-state index in [2.05, 4.69) is 10.3 Å². The summed E-state index contributed by atoms with van der Waals surface area (Å²) in [4.78, 5) is 28.1. The van der Waals surface area contributed by atoms with Crippen LogP contribution in [0.5, 0.6) is 5.75 Å². The van der Waals surface area contributed by atoms with Crippen molar-refractivity contribution in [2.45, 2.75) is 37.6 Å². The molecule has 2 amide bonds. The summed E-state index contributed by atoms with van der Waals surface area (Å²) in [7, 11) is 1.01. The fourth-order valence-electron chi connectivity index (χ4n) is 3.84. The highest BCUT2D eigenvalue weighted by atomic mass is 19.4. The van der Waals surface area contributed by atoms with Crippen LogP contribution in [0.15, 0.2) is 30.4 Å². The Morgan fingerprint density at radius 2 is 1.97 bits per heavy atom. The lowest BCUT2D eigenvalue weighted by Gasteiger charge is -2.32. The lowest BCUT2D eigenvalue weighted by atomic mass is 9.77. The Hall–Kier alpha value is -3.28. The van der Waals surface area contributed by atoms with Crippen LogP contribution in [0.4, 0.5) is 27.6 Å². The number of hydrogen-bond donors (Lipinski definition) is 2. The highest BCUT2D eigenvalue weighted by molar-refractivity contribution is 5.97. The number of rotatable bonds is 5. The van der Waals surface area contributed by atoms with Crippen molar-refractivity contribution in [3.8, 4) is 5.75 Å². The monoisotopic (exact) mass is 474 g/mol. The highest BCUT2D eigenvalue weighted by Crippen LogP contribution is 2.55. The predicted octanol–water partition coefficient (Wildman–Crippen LogP) is 3.55. The van der Waals surface area contributed by atoms with Gasteiger partial charge in [-0.3, -0.25) is 14.6 Å². The molecule has 0 unspecified atom stereocenters. The van der Waals surface area contributed by atoms with Crippen molar-refractivity contribution < 1.29 is 42.4 Å². The Balaban J connectivity index is 2.09. The van der Waals surface area contributed by atoms with Gasteiger partial charge in [0.15, 0.2) is 17.2 Å². The Kier molecular flexibility index (Phi) is 5.95. The zero-order chi connectivity index (χ0) is 25.6. The van der Waals surface area contributed by atoms with Gasteiger partial charge < -0.3 is 20.5 Å². The summed E-state index contributed by atoms with van der Waals surface area (Å²) >= 11 is 0. The number of carbonyl (C=O) groups excluding carboxylic acids is 2. The minimum Gasteiger partial charge on any atom is -0.493 e. The van der Waals surface area contributed by atoms with Crippen molar-refractivity contribution in [1.29, 1.82) is 0 Å². The maximum Gasteiger partial charge on any atom is 0.417 e. The van der Waals surface area contributed by atoms with E-state index in [1.165, 1.54) is 6.92 Å². The zero-order valence-corrected chi connectivity index (χ0v) is 17.6. The molecule has 0 bridgehead atoms. The van der Waals surface area contributed by atoms with Gasteiger partial charge in [0, 0.05) is 29.3 Å². The number of benzene rings is 1. The second-order valence-electron chi connectivity index (χ2n) is 7.67. The number of alkyl halides is 3. The van der Waals surface area contributed by atoms with Crippen LogP contribution in [-0.4, -0.2) is 41.8 Å². The smallest absolute Gasteiger partial charge is 0.417 e. The Morgan fingerprint density at radius 1 is 1.30 bits per heavy atom. The molecule has 1 aromatic heterocycles. The molecule has 178 valence electrons. The van der Waals surface area contributed by atoms with Gasteiger partial charge in [-0.25, -0.2) is 4.39 Å². The van der Waals surface area contributed by atoms with Crippen LogP contribution in [0.2, 0.25) is 0 Å². The molecule has 0 saturated carbocycles. The van der Waals surface area contributed by atoms with Crippen LogP contribution in [0.25, 0.3) is 0 Å². The number of ether oxygens (including phenoxy) is 2. The van der Waals surface area contributed by atoms with Crippen LogP contribution in [0, 0.1) is 17.6 Å². The highest BCUT2D eigenvalue weighted by Gasteiger charge is 2.65. The third-order valence-corrected chi connectivity index (χ3v) is 5.79.